The van der Waals surface area contributed by atoms with Crippen LogP contribution in [-0.4, -0.2) is 18.2 Å². The molecule has 2 aliphatic rings. The topological polar surface area (TPSA) is 73.6 Å². The van der Waals surface area contributed by atoms with Gasteiger partial charge in [-0.15, -0.1) is 0 Å². The highest BCUT2D eigenvalue weighted by atomic mass is 16.7. The van der Waals surface area contributed by atoms with Crippen LogP contribution in [0.4, 0.5) is 0 Å². The first-order chi connectivity index (χ1) is 10.1. The summed E-state index contributed by atoms with van der Waals surface area (Å²) in [4.78, 5) is 12.2. The second kappa shape index (κ2) is 5.56. The van der Waals surface area contributed by atoms with Gasteiger partial charge in [0.15, 0.2) is 11.5 Å². The lowest BCUT2D eigenvalue weighted by molar-refractivity contribution is -0.122. The van der Waals surface area contributed by atoms with Crippen LogP contribution in [0, 0.1) is 0 Å². The van der Waals surface area contributed by atoms with Crippen LogP contribution in [0.25, 0.3) is 0 Å². The molecule has 0 bridgehead atoms. The fourth-order valence-electron chi connectivity index (χ4n) is 3.13. The maximum absolute atomic E-state index is 12.2. The fraction of sp³-hybridized carbons (Fsp3) is 0.562. The number of nitrogens with two attached hydrogens (primary N) is 1. The van der Waals surface area contributed by atoms with Crippen LogP contribution >= 0.6 is 0 Å². The molecule has 1 saturated carbocycles. The minimum atomic E-state index is -0.307. The Balaban J connectivity index is 1.60. The minimum absolute atomic E-state index is 0.0181. The molecule has 1 atom stereocenters. The van der Waals surface area contributed by atoms with Gasteiger partial charge in [0.25, 0.3) is 0 Å². The number of hydrogen-bond acceptors (Lipinski definition) is 4. The zero-order chi connectivity index (χ0) is 14.9. The van der Waals surface area contributed by atoms with Gasteiger partial charge in [-0.25, -0.2) is 0 Å². The number of carbonyl (C=O) groups excluding carboxylic acids is 1. The normalized spacial score (nSPS) is 20.3. The number of nitrogens with one attached hydrogen (secondary N) is 1. The van der Waals surface area contributed by atoms with Crippen molar-refractivity contribution < 1.29 is 14.3 Å². The molecule has 1 aromatic carbocycles. The number of carbonyl (C=O) groups is 1. The summed E-state index contributed by atoms with van der Waals surface area (Å²) in [6.07, 6.45) is 4.54. The van der Waals surface area contributed by atoms with E-state index < -0.39 is 0 Å². The van der Waals surface area contributed by atoms with Gasteiger partial charge < -0.3 is 20.5 Å². The Morgan fingerprint density at radius 1 is 1.33 bits per heavy atom. The van der Waals surface area contributed by atoms with Gasteiger partial charge in [-0.05, 0) is 37.5 Å². The number of ether oxygens (including phenoxy) is 2. The molecule has 1 aromatic rings. The number of benzene rings is 1. The molecule has 1 heterocycles. The van der Waals surface area contributed by atoms with Gasteiger partial charge >= 0.3 is 0 Å². The largest absolute Gasteiger partial charge is 0.454 e. The van der Waals surface area contributed by atoms with Gasteiger partial charge in [-0.2, -0.15) is 0 Å². The highest BCUT2D eigenvalue weighted by molar-refractivity contribution is 5.77. The van der Waals surface area contributed by atoms with Gasteiger partial charge in [-0.3, -0.25) is 4.79 Å². The lowest BCUT2D eigenvalue weighted by atomic mass is 9.94. The molecular weight excluding hydrogens is 268 g/mol. The van der Waals surface area contributed by atoms with Crippen LogP contribution in [0.15, 0.2) is 18.2 Å². The Morgan fingerprint density at radius 3 is 2.81 bits per heavy atom. The summed E-state index contributed by atoms with van der Waals surface area (Å²) < 4.78 is 10.7. The molecule has 0 spiro atoms. The van der Waals surface area contributed by atoms with Crippen molar-refractivity contribution >= 4 is 5.91 Å². The molecule has 114 valence electrons. The molecule has 1 fully saturated rings. The first-order valence-electron chi connectivity index (χ1n) is 7.54. The quantitative estimate of drug-likeness (QED) is 0.892. The van der Waals surface area contributed by atoms with Gasteiger partial charge in [0.1, 0.15) is 0 Å². The number of fused-ring (bicyclic) bond motifs is 1. The SMILES string of the molecule is CC(NC(=O)CC1(N)CCCC1)c1ccc2c(c1)OCO2. The maximum Gasteiger partial charge on any atom is 0.231 e. The lowest BCUT2D eigenvalue weighted by Gasteiger charge is -2.24. The second-order valence-corrected chi connectivity index (χ2v) is 6.15. The smallest absolute Gasteiger partial charge is 0.231 e. The van der Waals surface area contributed by atoms with Gasteiger partial charge in [-0.1, -0.05) is 18.9 Å². The Labute approximate surface area is 124 Å². The Kier molecular flexibility index (Phi) is 3.76. The number of rotatable bonds is 4. The van der Waals surface area contributed by atoms with E-state index in [1.807, 2.05) is 25.1 Å². The molecule has 5 heteroatoms. The van der Waals surface area contributed by atoms with E-state index in [0.717, 1.165) is 42.7 Å². The third-order valence-corrected chi connectivity index (χ3v) is 4.39. The van der Waals surface area contributed by atoms with Crippen molar-refractivity contribution in [2.45, 2.75) is 50.6 Å². The number of hydrogen-bond donors (Lipinski definition) is 2. The van der Waals surface area contributed by atoms with Crippen molar-refractivity contribution in [2.24, 2.45) is 5.73 Å². The summed E-state index contributed by atoms with van der Waals surface area (Å²) in [5.74, 6) is 1.51. The molecule has 0 radical (unpaired) electrons. The van der Waals surface area contributed by atoms with Crippen LogP contribution in [0.5, 0.6) is 11.5 Å². The van der Waals surface area contributed by atoms with E-state index >= 15 is 0 Å². The summed E-state index contributed by atoms with van der Waals surface area (Å²) in [5.41, 5.74) is 6.95. The molecule has 3 rings (SSSR count). The van der Waals surface area contributed by atoms with E-state index in [2.05, 4.69) is 5.32 Å². The van der Waals surface area contributed by atoms with Crippen molar-refractivity contribution in [2.75, 3.05) is 6.79 Å². The van der Waals surface area contributed by atoms with E-state index in [1.165, 1.54) is 0 Å². The van der Waals surface area contributed by atoms with E-state index in [4.69, 9.17) is 15.2 Å². The molecule has 1 amide bonds. The first kappa shape index (κ1) is 14.2. The van der Waals surface area contributed by atoms with Crippen molar-refractivity contribution in [1.29, 1.82) is 0 Å². The summed E-state index contributed by atoms with van der Waals surface area (Å²) in [6.45, 7) is 2.22. The second-order valence-electron chi connectivity index (χ2n) is 6.15. The van der Waals surface area contributed by atoms with Gasteiger partial charge in [0.2, 0.25) is 12.7 Å². The predicted molar refractivity (Wildman–Crippen MR) is 79.1 cm³/mol. The molecule has 1 aliphatic carbocycles. The molecule has 21 heavy (non-hydrogen) atoms. The monoisotopic (exact) mass is 290 g/mol. The Hall–Kier alpha value is -1.75. The third-order valence-electron chi connectivity index (χ3n) is 4.39. The minimum Gasteiger partial charge on any atom is -0.454 e. The molecule has 1 unspecified atom stereocenters. The molecule has 5 nitrogen and oxygen atoms in total. The van der Waals surface area contributed by atoms with Crippen molar-refractivity contribution in [3.8, 4) is 11.5 Å². The highest BCUT2D eigenvalue weighted by Crippen LogP contribution is 2.34. The van der Waals surface area contributed by atoms with Crippen molar-refractivity contribution in [3.05, 3.63) is 23.8 Å². The number of amides is 1. The van der Waals surface area contributed by atoms with Crippen molar-refractivity contribution in [3.63, 3.8) is 0 Å². The third kappa shape index (κ3) is 3.13. The molecule has 0 aromatic heterocycles. The van der Waals surface area contributed by atoms with Crippen LogP contribution in [0.1, 0.15) is 50.6 Å². The summed E-state index contributed by atoms with van der Waals surface area (Å²) in [7, 11) is 0. The molecule has 0 saturated heterocycles. The zero-order valence-electron chi connectivity index (χ0n) is 12.4. The molecular formula is C16H22N2O3. The average Bonchev–Trinajstić information content (AvgIpc) is 3.06. The highest BCUT2D eigenvalue weighted by Gasteiger charge is 2.32. The standard InChI is InChI=1S/C16H22N2O3/c1-11(12-4-5-13-14(8-12)21-10-20-13)18-15(19)9-16(17)6-2-3-7-16/h4-5,8,11H,2-3,6-7,9-10,17H2,1H3,(H,18,19). The molecule has 3 N–H and O–H groups in total. The van der Waals surface area contributed by atoms with Crippen LogP contribution in [0.3, 0.4) is 0 Å². The van der Waals surface area contributed by atoms with Crippen LogP contribution in [0.2, 0.25) is 0 Å². The average molecular weight is 290 g/mol. The van der Waals surface area contributed by atoms with Gasteiger partial charge in [0, 0.05) is 12.0 Å². The van der Waals surface area contributed by atoms with Crippen LogP contribution < -0.4 is 20.5 Å². The zero-order valence-corrected chi connectivity index (χ0v) is 12.4. The Morgan fingerprint density at radius 2 is 2.05 bits per heavy atom. The molecule has 1 aliphatic heterocycles. The fourth-order valence-corrected chi connectivity index (χ4v) is 3.13. The van der Waals surface area contributed by atoms with E-state index in [9.17, 15) is 4.79 Å². The van der Waals surface area contributed by atoms with Gasteiger partial charge in [0.05, 0.1) is 6.04 Å². The van der Waals surface area contributed by atoms with E-state index in [-0.39, 0.29) is 24.3 Å². The summed E-state index contributed by atoms with van der Waals surface area (Å²) in [6, 6.07) is 5.67. The van der Waals surface area contributed by atoms with E-state index in [1.54, 1.807) is 0 Å². The lowest BCUT2D eigenvalue weighted by Crippen LogP contribution is -2.42. The summed E-state index contributed by atoms with van der Waals surface area (Å²) in [5, 5.41) is 3.02. The maximum atomic E-state index is 12.2. The van der Waals surface area contributed by atoms with Crippen molar-refractivity contribution in [1.82, 2.24) is 5.32 Å². The van der Waals surface area contributed by atoms with Crippen LogP contribution in [-0.2, 0) is 4.79 Å². The summed E-state index contributed by atoms with van der Waals surface area (Å²) >= 11 is 0. The van der Waals surface area contributed by atoms with E-state index in [0.29, 0.717) is 6.42 Å². The first-order valence-corrected chi connectivity index (χ1v) is 7.54. The predicted octanol–water partition coefficient (Wildman–Crippen LogP) is 2.25. The Bertz CT molecular complexity index is 538.